The van der Waals surface area contributed by atoms with E-state index in [1.54, 1.807) is 12.1 Å². The predicted molar refractivity (Wildman–Crippen MR) is 151 cm³/mol. The molecule has 2 aromatic heterocycles. The van der Waals surface area contributed by atoms with Crippen LogP contribution in [-0.4, -0.2) is 81.6 Å². The lowest BCUT2D eigenvalue weighted by Crippen LogP contribution is -2.37. The van der Waals surface area contributed by atoms with Crippen molar-refractivity contribution in [3.05, 3.63) is 71.9 Å². The van der Waals surface area contributed by atoms with Gasteiger partial charge in [0.1, 0.15) is 11.3 Å². The summed E-state index contributed by atoms with van der Waals surface area (Å²) in [4.78, 5) is 27.2. The molecule has 2 aromatic carbocycles. The Morgan fingerprint density at radius 1 is 1.00 bits per heavy atom. The summed E-state index contributed by atoms with van der Waals surface area (Å²) in [5.74, 6) is -0.506. The molecule has 0 unspecified atom stereocenters. The molecular formula is C30H32F3N5O4. The van der Waals surface area contributed by atoms with E-state index in [0.29, 0.717) is 25.0 Å². The first-order valence-electron chi connectivity index (χ1n) is 13.8. The van der Waals surface area contributed by atoms with Gasteiger partial charge in [0.2, 0.25) is 0 Å². The van der Waals surface area contributed by atoms with E-state index in [1.165, 1.54) is 11.1 Å². The number of piperidine rings is 1. The number of carbonyl (C=O) groups is 1. The summed E-state index contributed by atoms with van der Waals surface area (Å²) in [6.07, 6.45) is -0.719. The van der Waals surface area contributed by atoms with Gasteiger partial charge in [-0.1, -0.05) is 42.5 Å². The van der Waals surface area contributed by atoms with Crippen LogP contribution in [-0.2, 0) is 16.1 Å². The van der Waals surface area contributed by atoms with E-state index < -0.39 is 12.1 Å². The van der Waals surface area contributed by atoms with Gasteiger partial charge in [-0.15, -0.1) is 0 Å². The number of ether oxygens (including phenoxy) is 1. The fraction of sp³-hybridized carbons (Fsp3) is 0.367. The quantitative estimate of drug-likeness (QED) is 0.295. The van der Waals surface area contributed by atoms with Crippen LogP contribution < -0.4 is 4.90 Å². The number of phenolic OH excluding ortho intramolecular Hbond substituents is 1. The van der Waals surface area contributed by atoms with Crippen molar-refractivity contribution >= 4 is 22.8 Å². The fourth-order valence-electron chi connectivity index (χ4n) is 5.34. The highest BCUT2D eigenvalue weighted by Gasteiger charge is 2.38. The zero-order chi connectivity index (χ0) is 29.7. The van der Waals surface area contributed by atoms with Crippen LogP contribution in [0.5, 0.6) is 5.75 Å². The third-order valence-corrected chi connectivity index (χ3v) is 7.47. The maximum absolute atomic E-state index is 10.6. The van der Waals surface area contributed by atoms with Gasteiger partial charge in [-0.2, -0.15) is 13.2 Å². The maximum atomic E-state index is 10.6. The Balaban J connectivity index is 0.000000451. The van der Waals surface area contributed by atoms with Crippen molar-refractivity contribution in [2.75, 3.05) is 44.3 Å². The van der Waals surface area contributed by atoms with Crippen LogP contribution in [0.25, 0.3) is 22.4 Å². The second kappa shape index (κ2) is 12.8. The number of carboxylic acids is 1. The largest absolute Gasteiger partial charge is 0.508 e. The predicted octanol–water partition coefficient (Wildman–Crippen LogP) is 5.18. The minimum atomic E-state index is -5.08. The van der Waals surface area contributed by atoms with Crippen molar-refractivity contribution in [1.82, 2.24) is 19.9 Å². The summed E-state index contributed by atoms with van der Waals surface area (Å²) >= 11 is 0. The number of alkyl halides is 3. The first kappa shape index (κ1) is 29.3. The topological polar surface area (TPSA) is 115 Å². The summed E-state index contributed by atoms with van der Waals surface area (Å²) in [7, 11) is 0. The molecular weight excluding hydrogens is 551 g/mol. The Bertz CT molecular complexity index is 1500. The minimum absolute atomic E-state index is 0.221. The molecule has 0 atom stereocenters. The molecule has 0 aliphatic carbocycles. The number of H-pyrrole nitrogens is 1. The number of morpholine rings is 1. The molecule has 4 heterocycles. The zero-order valence-corrected chi connectivity index (χ0v) is 22.8. The van der Waals surface area contributed by atoms with Gasteiger partial charge in [0, 0.05) is 31.4 Å². The van der Waals surface area contributed by atoms with Crippen molar-refractivity contribution in [2.24, 2.45) is 0 Å². The van der Waals surface area contributed by atoms with E-state index in [-0.39, 0.29) is 5.75 Å². The Morgan fingerprint density at radius 3 is 2.33 bits per heavy atom. The number of hydrogen-bond donors (Lipinski definition) is 3. The molecule has 6 rings (SSSR count). The number of anilines is 1. The van der Waals surface area contributed by atoms with E-state index in [0.717, 1.165) is 68.0 Å². The lowest BCUT2D eigenvalue weighted by Gasteiger charge is -2.32. The normalized spacial score (nSPS) is 16.7. The number of rotatable bonds is 5. The number of nitrogens with one attached hydrogen (secondary N) is 1. The Morgan fingerprint density at radius 2 is 1.69 bits per heavy atom. The molecule has 2 fully saturated rings. The van der Waals surface area contributed by atoms with E-state index in [1.807, 2.05) is 12.1 Å². The second-order valence-electron chi connectivity index (χ2n) is 10.3. The number of aromatic nitrogens is 3. The number of carboxylic acid groups (broad SMARTS) is 1. The number of likely N-dealkylation sites (tertiary alicyclic amines) is 1. The number of halogens is 3. The van der Waals surface area contributed by atoms with E-state index in [4.69, 9.17) is 24.6 Å². The van der Waals surface area contributed by atoms with Crippen LogP contribution in [0.2, 0.25) is 0 Å². The van der Waals surface area contributed by atoms with Gasteiger partial charge in [0.25, 0.3) is 0 Å². The standard InChI is InChI=1S/C28H31N5O2.C2HF3O2/c34-23-8-4-7-22(17-23)27-30-25-24(18-29-26(25)28(31-27)33-13-15-35-16-14-33)21-9-11-32(12-10-21)19-20-5-2-1-3-6-20;3-2(4,5)1(6)7/h1-8,17-18,21,29,34H,9-16,19H2;(H,6,7). The molecule has 3 N–H and O–H groups in total. The van der Waals surface area contributed by atoms with Crippen LogP contribution in [0, 0.1) is 0 Å². The maximum Gasteiger partial charge on any atom is 0.490 e. The first-order valence-corrected chi connectivity index (χ1v) is 13.8. The number of phenols is 1. The van der Waals surface area contributed by atoms with Crippen molar-refractivity contribution in [1.29, 1.82) is 0 Å². The Kier molecular flexibility index (Phi) is 8.93. The number of nitrogens with zero attached hydrogens (tertiary/aromatic N) is 4. The van der Waals surface area contributed by atoms with Gasteiger partial charge in [-0.25, -0.2) is 14.8 Å². The molecule has 2 saturated heterocycles. The smallest absolute Gasteiger partial charge is 0.490 e. The minimum Gasteiger partial charge on any atom is -0.508 e. The molecule has 0 saturated carbocycles. The van der Waals surface area contributed by atoms with Crippen LogP contribution in [0.4, 0.5) is 19.0 Å². The number of aromatic amines is 1. The van der Waals surface area contributed by atoms with E-state index in [9.17, 15) is 18.3 Å². The van der Waals surface area contributed by atoms with E-state index >= 15 is 0 Å². The number of aromatic hydroxyl groups is 1. The third-order valence-electron chi connectivity index (χ3n) is 7.47. The number of aliphatic carboxylic acids is 1. The van der Waals surface area contributed by atoms with Crippen LogP contribution in [0.3, 0.4) is 0 Å². The second-order valence-corrected chi connectivity index (χ2v) is 10.3. The molecule has 42 heavy (non-hydrogen) atoms. The molecule has 0 amide bonds. The number of hydrogen-bond acceptors (Lipinski definition) is 7. The fourth-order valence-corrected chi connectivity index (χ4v) is 5.34. The summed E-state index contributed by atoms with van der Waals surface area (Å²) in [5, 5.41) is 17.2. The molecule has 222 valence electrons. The molecule has 0 spiro atoms. The highest BCUT2D eigenvalue weighted by atomic mass is 19.4. The first-order chi connectivity index (χ1) is 20.2. The average molecular weight is 584 g/mol. The van der Waals surface area contributed by atoms with Gasteiger partial charge in [0.15, 0.2) is 11.6 Å². The summed E-state index contributed by atoms with van der Waals surface area (Å²) in [6.45, 7) is 6.16. The molecule has 0 radical (unpaired) electrons. The van der Waals surface area contributed by atoms with E-state index in [2.05, 4.69) is 51.3 Å². The number of fused-ring (bicyclic) bond motifs is 1. The lowest BCUT2D eigenvalue weighted by molar-refractivity contribution is -0.192. The number of benzene rings is 2. The SMILES string of the molecule is O=C(O)C(F)(F)F.Oc1cccc(-c2nc(N3CCOCC3)c3[nH]cc(C4CCN(Cc5ccccc5)CC4)c3n2)c1. The Labute approximate surface area is 240 Å². The van der Waals surface area contributed by atoms with Crippen molar-refractivity contribution in [2.45, 2.75) is 31.5 Å². The van der Waals surface area contributed by atoms with Crippen molar-refractivity contribution in [3.63, 3.8) is 0 Å². The van der Waals surface area contributed by atoms with Crippen molar-refractivity contribution in [3.8, 4) is 17.1 Å². The van der Waals surface area contributed by atoms with Crippen molar-refractivity contribution < 1.29 is 32.9 Å². The Hall–Kier alpha value is -4.16. The third kappa shape index (κ3) is 7.00. The van der Waals surface area contributed by atoms with Gasteiger partial charge in [0.05, 0.1) is 18.7 Å². The molecule has 2 aliphatic heterocycles. The highest BCUT2D eigenvalue weighted by molar-refractivity contribution is 5.91. The van der Waals surface area contributed by atoms with Crippen LogP contribution in [0.15, 0.2) is 60.8 Å². The van der Waals surface area contributed by atoms with Crippen LogP contribution >= 0.6 is 0 Å². The lowest BCUT2D eigenvalue weighted by atomic mass is 9.90. The van der Waals surface area contributed by atoms with Gasteiger partial charge in [-0.3, -0.25) is 4.90 Å². The van der Waals surface area contributed by atoms with Gasteiger partial charge in [-0.05, 0) is 55.1 Å². The summed E-state index contributed by atoms with van der Waals surface area (Å²) in [6, 6.07) is 17.9. The molecule has 4 aromatic rings. The summed E-state index contributed by atoms with van der Waals surface area (Å²) < 4.78 is 37.3. The summed E-state index contributed by atoms with van der Waals surface area (Å²) in [5.41, 5.74) is 5.47. The van der Waals surface area contributed by atoms with Crippen LogP contribution in [0.1, 0.15) is 29.9 Å². The highest BCUT2D eigenvalue weighted by Crippen LogP contribution is 2.37. The zero-order valence-electron chi connectivity index (χ0n) is 22.8. The molecule has 0 bridgehead atoms. The molecule has 2 aliphatic rings. The molecule has 12 heteroatoms. The molecule has 9 nitrogen and oxygen atoms in total. The van der Waals surface area contributed by atoms with Gasteiger partial charge < -0.3 is 24.8 Å². The van der Waals surface area contributed by atoms with Gasteiger partial charge >= 0.3 is 12.1 Å². The monoisotopic (exact) mass is 583 g/mol. The average Bonchev–Trinajstić information content (AvgIpc) is 3.42.